The summed E-state index contributed by atoms with van der Waals surface area (Å²) >= 11 is 1.52. The van der Waals surface area contributed by atoms with Crippen molar-refractivity contribution in [2.45, 2.75) is 19.4 Å². The van der Waals surface area contributed by atoms with Crippen molar-refractivity contribution in [2.75, 3.05) is 6.61 Å². The number of aryl methyl sites for hydroxylation is 1. The third-order valence-corrected chi connectivity index (χ3v) is 4.23. The van der Waals surface area contributed by atoms with Gasteiger partial charge in [0.2, 0.25) is 0 Å². The summed E-state index contributed by atoms with van der Waals surface area (Å²) in [5.41, 5.74) is 1.07. The summed E-state index contributed by atoms with van der Waals surface area (Å²) in [7, 11) is 0. The number of carbonyl (C=O) groups excluding carboxylic acids is 1. The lowest BCUT2D eigenvalue weighted by Gasteiger charge is -2.26. The molecule has 2 aromatic rings. The van der Waals surface area contributed by atoms with E-state index >= 15 is 0 Å². The standard InChI is InChI=1S/C15H15NO2S/c1-10-6-7-14(19-10)15(17)16-12-8-9-18-13-5-3-2-4-11(12)13/h2-7,12H,8-9H2,1H3,(H,16,17)/t12-/m0/s1. The van der Waals surface area contributed by atoms with E-state index in [1.54, 1.807) is 0 Å². The van der Waals surface area contributed by atoms with Crippen molar-refractivity contribution < 1.29 is 9.53 Å². The molecule has 0 aliphatic carbocycles. The maximum Gasteiger partial charge on any atom is 0.261 e. The SMILES string of the molecule is Cc1ccc(C(=O)N[C@H]2CCOc3ccccc32)s1. The molecule has 1 aliphatic heterocycles. The van der Waals surface area contributed by atoms with Crippen LogP contribution in [0, 0.1) is 6.92 Å². The van der Waals surface area contributed by atoms with Crippen LogP contribution in [-0.4, -0.2) is 12.5 Å². The predicted molar refractivity (Wildman–Crippen MR) is 75.8 cm³/mol. The number of rotatable bonds is 2. The van der Waals surface area contributed by atoms with E-state index in [1.807, 2.05) is 43.3 Å². The van der Waals surface area contributed by atoms with Crippen LogP contribution < -0.4 is 10.1 Å². The summed E-state index contributed by atoms with van der Waals surface area (Å²) in [4.78, 5) is 14.1. The van der Waals surface area contributed by atoms with E-state index in [0.717, 1.165) is 27.5 Å². The average Bonchev–Trinajstić information content (AvgIpc) is 2.86. The Morgan fingerprint density at radius 1 is 1.32 bits per heavy atom. The van der Waals surface area contributed by atoms with Gasteiger partial charge in [-0.2, -0.15) is 0 Å². The van der Waals surface area contributed by atoms with Gasteiger partial charge in [0, 0.05) is 16.9 Å². The molecule has 19 heavy (non-hydrogen) atoms. The highest BCUT2D eigenvalue weighted by Crippen LogP contribution is 2.31. The van der Waals surface area contributed by atoms with Crippen LogP contribution in [-0.2, 0) is 0 Å². The normalized spacial score (nSPS) is 17.4. The second-order valence-electron chi connectivity index (χ2n) is 4.61. The molecule has 1 aliphatic rings. The van der Waals surface area contributed by atoms with Crippen molar-refractivity contribution >= 4 is 17.2 Å². The van der Waals surface area contributed by atoms with Crippen LogP contribution in [0.3, 0.4) is 0 Å². The van der Waals surface area contributed by atoms with Crippen molar-refractivity contribution in [2.24, 2.45) is 0 Å². The molecule has 0 spiro atoms. The molecule has 0 fully saturated rings. The van der Waals surface area contributed by atoms with Crippen molar-refractivity contribution in [1.29, 1.82) is 0 Å². The second kappa shape index (κ2) is 5.05. The minimum atomic E-state index is -0.000182. The number of hydrogen-bond acceptors (Lipinski definition) is 3. The highest BCUT2D eigenvalue weighted by molar-refractivity contribution is 7.13. The number of para-hydroxylation sites is 1. The van der Waals surface area contributed by atoms with Gasteiger partial charge in [-0.15, -0.1) is 11.3 Å². The van der Waals surface area contributed by atoms with Gasteiger partial charge >= 0.3 is 0 Å². The second-order valence-corrected chi connectivity index (χ2v) is 5.90. The smallest absolute Gasteiger partial charge is 0.261 e. The molecule has 98 valence electrons. The Bertz CT molecular complexity index is 606. The summed E-state index contributed by atoms with van der Waals surface area (Å²) in [6.45, 7) is 2.65. The molecule has 0 saturated heterocycles. The van der Waals surface area contributed by atoms with Crippen LogP contribution in [0.25, 0.3) is 0 Å². The van der Waals surface area contributed by atoms with Gasteiger partial charge in [0.15, 0.2) is 0 Å². The van der Waals surface area contributed by atoms with Crippen molar-refractivity contribution in [1.82, 2.24) is 5.32 Å². The molecule has 3 rings (SSSR count). The Labute approximate surface area is 116 Å². The van der Waals surface area contributed by atoms with Crippen molar-refractivity contribution in [3.63, 3.8) is 0 Å². The maximum atomic E-state index is 12.2. The Balaban J connectivity index is 1.79. The van der Waals surface area contributed by atoms with Crippen LogP contribution in [0.4, 0.5) is 0 Å². The molecule has 1 N–H and O–H groups in total. The lowest BCUT2D eigenvalue weighted by Crippen LogP contribution is -2.31. The molecule has 0 radical (unpaired) electrons. The van der Waals surface area contributed by atoms with E-state index in [1.165, 1.54) is 11.3 Å². The third kappa shape index (κ3) is 2.49. The zero-order valence-electron chi connectivity index (χ0n) is 10.7. The third-order valence-electron chi connectivity index (χ3n) is 3.23. The number of carbonyl (C=O) groups is 1. The molecule has 4 heteroatoms. The van der Waals surface area contributed by atoms with E-state index < -0.39 is 0 Å². The molecule has 0 bridgehead atoms. The molecule has 1 atom stereocenters. The van der Waals surface area contributed by atoms with Gasteiger partial charge in [0.1, 0.15) is 5.75 Å². The van der Waals surface area contributed by atoms with Gasteiger partial charge in [-0.25, -0.2) is 0 Å². The van der Waals surface area contributed by atoms with Crippen LogP contribution >= 0.6 is 11.3 Å². The van der Waals surface area contributed by atoms with Crippen molar-refractivity contribution in [3.05, 3.63) is 51.7 Å². The van der Waals surface area contributed by atoms with Gasteiger partial charge in [-0.05, 0) is 25.1 Å². The molecule has 1 amide bonds. The number of amides is 1. The monoisotopic (exact) mass is 273 g/mol. The van der Waals surface area contributed by atoms with E-state index in [4.69, 9.17) is 4.74 Å². The Morgan fingerprint density at radius 3 is 2.95 bits per heavy atom. The van der Waals surface area contributed by atoms with Crippen LogP contribution in [0.5, 0.6) is 5.75 Å². The first-order chi connectivity index (χ1) is 9.24. The van der Waals surface area contributed by atoms with E-state index in [2.05, 4.69) is 5.32 Å². The molecular weight excluding hydrogens is 258 g/mol. The number of thiophene rings is 1. The minimum Gasteiger partial charge on any atom is -0.493 e. The zero-order valence-corrected chi connectivity index (χ0v) is 11.5. The predicted octanol–water partition coefficient (Wildman–Crippen LogP) is 3.31. The lowest BCUT2D eigenvalue weighted by atomic mass is 10.0. The van der Waals surface area contributed by atoms with Crippen LogP contribution in [0.1, 0.15) is 32.6 Å². The summed E-state index contributed by atoms with van der Waals surface area (Å²) in [5.74, 6) is 0.876. The zero-order chi connectivity index (χ0) is 13.2. The van der Waals surface area contributed by atoms with Crippen LogP contribution in [0.2, 0.25) is 0 Å². The fraction of sp³-hybridized carbons (Fsp3) is 0.267. The molecule has 0 saturated carbocycles. The molecule has 3 nitrogen and oxygen atoms in total. The molecular formula is C15H15NO2S. The van der Waals surface area contributed by atoms with Gasteiger partial charge < -0.3 is 10.1 Å². The minimum absolute atomic E-state index is 0.000182. The van der Waals surface area contributed by atoms with E-state index in [0.29, 0.717) is 6.61 Å². The Morgan fingerprint density at radius 2 is 2.16 bits per heavy atom. The molecule has 1 aromatic heterocycles. The van der Waals surface area contributed by atoms with Crippen molar-refractivity contribution in [3.8, 4) is 5.75 Å². The van der Waals surface area contributed by atoms with Gasteiger partial charge in [-0.1, -0.05) is 18.2 Å². The molecule has 0 unspecified atom stereocenters. The average molecular weight is 273 g/mol. The number of ether oxygens (including phenoxy) is 1. The lowest BCUT2D eigenvalue weighted by molar-refractivity contribution is 0.0929. The van der Waals surface area contributed by atoms with Gasteiger partial charge in [-0.3, -0.25) is 4.79 Å². The first-order valence-corrected chi connectivity index (χ1v) is 7.15. The van der Waals surface area contributed by atoms with Gasteiger partial charge in [0.05, 0.1) is 17.5 Å². The van der Waals surface area contributed by atoms with Crippen LogP contribution in [0.15, 0.2) is 36.4 Å². The number of nitrogens with one attached hydrogen (secondary N) is 1. The number of fused-ring (bicyclic) bond motifs is 1. The fourth-order valence-electron chi connectivity index (χ4n) is 2.28. The quantitative estimate of drug-likeness (QED) is 0.911. The van der Waals surface area contributed by atoms with E-state index in [9.17, 15) is 4.79 Å². The topological polar surface area (TPSA) is 38.3 Å². The molecule has 1 aromatic carbocycles. The summed E-state index contributed by atoms with van der Waals surface area (Å²) in [6, 6.07) is 11.8. The Kier molecular flexibility index (Phi) is 3.25. The fourth-order valence-corrected chi connectivity index (χ4v) is 3.05. The number of hydrogen-bond donors (Lipinski definition) is 1. The summed E-state index contributed by atoms with van der Waals surface area (Å²) in [6.07, 6.45) is 0.813. The summed E-state index contributed by atoms with van der Waals surface area (Å²) in [5, 5.41) is 3.10. The first-order valence-electron chi connectivity index (χ1n) is 6.33. The first kappa shape index (κ1) is 12.2. The van der Waals surface area contributed by atoms with Gasteiger partial charge in [0.25, 0.3) is 5.91 Å². The largest absolute Gasteiger partial charge is 0.493 e. The highest BCUT2D eigenvalue weighted by Gasteiger charge is 2.23. The number of benzene rings is 1. The summed E-state index contributed by atoms with van der Waals surface area (Å²) < 4.78 is 5.60. The molecule has 2 heterocycles. The highest BCUT2D eigenvalue weighted by atomic mass is 32.1. The Hall–Kier alpha value is -1.81. The van der Waals surface area contributed by atoms with E-state index in [-0.39, 0.29) is 11.9 Å². The maximum absolute atomic E-state index is 12.2.